The van der Waals surface area contributed by atoms with Gasteiger partial charge in [0.2, 0.25) is 0 Å². The quantitative estimate of drug-likeness (QED) is 0.523. The highest BCUT2D eigenvalue weighted by molar-refractivity contribution is 6.10. The van der Waals surface area contributed by atoms with Crippen LogP contribution in [0.4, 0.5) is 5.69 Å². The van der Waals surface area contributed by atoms with E-state index < -0.39 is 5.41 Å². The minimum atomic E-state index is -0.574. The van der Waals surface area contributed by atoms with Gasteiger partial charge >= 0.3 is 5.97 Å². The fourth-order valence-corrected chi connectivity index (χ4v) is 3.46. The van der Waals surface area contributed by atoms with Crippen molar-refractivity contribution in [2.75, 3.05) is 12.0 Å². The molecular weight excluding hydrogens is 276 g/mol. The lowest BCUT2D eigenvalue weighted by Gasteiger charge is -2.41. The number of carbonyl (C=O) groups excluding carboxylic acids is 1. The van der Waals surface area contributed by atoms with Crippen LogP contribution in [0.5, 0.6) is 0 Å². The first-order chi connectivity index (χ1) is 10.8. The molecule has 1 aromatic rings. The Labute approximate surface area is 131 Å². The number of nitrogens with zero attached hydrogens (tertiary/aromatic N) is 1. The van der Waals surface area contributed by atoms with Gasteiger partial charge in [-0.3, -0.25) is 10.2 Å². The van der Waals surface area contributed by atoms with Crippen molar-refractivity contribution in [3.8, 4) is 0 Å². The van der Waals surface area contributed by atoms with Crippen LogP contribution in [0.1, 0.15) is 32.6 Å². The largest absolute Gasteiger partial charge is 0.465 e. The number of rotatable bonds is 4. The van der Waals surface area contributed by atoms with Crippen molar-refractivity contribution >= 4 is 17.4 Å². The number of hydrazone groups is 1. The molecule has 0 spiro atoms. The average molecular weight is 298 g/mol. The lowest BCUT2D eigenvalue weighted by Crippen LogP contribution is -2.48. The van der Waals surface area contributed by atoms with Gasteiger partial charge in [0.05, 0.1) is 18.0 Å². The summed E-state index contributed by atoms with van der Waals surface area (Å²) in [5, 5.41) is 4.63. The van der Waals surface area contributed by atoms with Crippen molar-refractivity contribution in [3.63, 3.8) is 0 Å². The number of allylic oxidation sites excluding steroid dienone is 2. The zero-order valence-electron chi connectivity index (χ0n) is 12.9. The predicted molar refractivity (Wildman–Crippen MR) is 87.7 cm³/mol. The summed E-state index contributed by atoms with van der Waals surface area (Å²) < 4.78 is 5.36. The molecule has 1 aromatic carbocycles. The van der Waals surface area contributed by atoms with Crippen LogP contribution in [0.3, 0.4) is 0 Å². The van der Waals surface area contributed by atoms with Crippen LogP contribution < -0.4 is 5.43 Å². The molecule has 2 aliphatic rings. The molecule has 2 unspecified atom stereocenters. The fraction of sp³-hybridized carbons (Fsp3) is 0.444. The topological polar surface area (TPSA) is 50.7 Å². The van der Waals surface area contributed by atoms with Gasteiger partial charge in [-0.1, -0.05) is 36.8 Å². The highest BCUT2D eigenvalue weighted by atomic mass is 16.5. The van der Waals surface area contributed by atoms with E-state index in [9.17, 15) is 4.79 Å². The molecule has 1 saturated carbocycles. The first-order valence-electron chi connectivity index (χ1n) is 7.99. The number of hydrogen-bond acceptors (Lipinski definition) is 4. The van der Waals surface area contributed by atoms with Crippen molar-refractivity contribution in [1.29, 1.82) is 0 Å². The third kappa shape index (κ3) is 2.65. The number of anilines is 1. The van der Waals surface area contributed by atoms with Crippen molar-refractivity contribution in [1.82, 2.24) is 0 Å². The second-order valence-electron chi connectivity index (χ2n) is 5.91. The van der Waals surface area contributed by atoms with E-state index in [1.54, 1.807) is 0 Å². The van der Waals surface area contributed by atoms with Crippen LogP contribution in [0, 0.1) is 11.3 Å². The maximum Gasteiger partial charge on any atom is 0.318 e. The summed E-state index contributed by atoms with van der Waals surface area (Å²) in [6, 6.07) is 9.83. The molecule has 1 N–H and O–H groups in total. The van der Waals surface area contributed by atoms with E-state index in [2.05, 4.69) is 22.7 Å². The third-order valence-electron chi connectivity index (χ3n) is 4.54. The van der Waals surface area contributed by atoms with Crippen molar-refractivity contribution in [3.05, 3.63) is 42.5 Å². The molecule has 4 heteroatoms. The van der Waals surface area contributed by atoms with Crippen LogP contribution in [0.15, 0.2) is 47.6 Å². The number of hydrogen-bond donors (Lipinski definition) is 1. The van der Waals surface area contributed by atoms with Gasteiger partial charge in [-0.05, 0) is 38.3 Å². The Kier molecular flexibility index (Phi) is 4.27. The fourth-order valence-electron chi connectivity index (χ4n) is 3.46. The van der Waals surface area contributed by atoms with Crippen molar-refractivity contribution in [2.24, 2.45) is 16.4 Å². The maximum atomic E-state index is 12.6. The molecule has 22 heavy (non-hydrogen) atoms. The first kappa shape index (κ1) is 14.8. The normalized spacial score (nSPS) is 28.4. The van der Waals surface area contributed by atoms with E-state index >= 15 is 0 Å². The van der Waals surface area contributed by atoms with Gasteiger partial charge in [0, 0.05) is 5.92 Å². The molecular formula is C18H22N2O2. The molecule has 2 bridgehead atoms. The monoisotopic (exact) mass is 298 g/mol. The Morgan fingerprint density at radius 1 is 1.41 bits per heavy atom. The molecule has 116 valence electrons. The predicted octanol–water partition coefficient (Wildman–Crippen LogP) is 3.76. The van der Waals surface area contributed by atoms with Gasteiger partial charge in [-0.25, -0.2) is 0 Å². The molecule has 0 saturated heterocycles. The second kappa shape index (κ2) is 6.34. The van der Waals surface area contributed by atoms with E-state index in [4.69, 9.17) is 4.74 Å². The zero-order valence-corrected chi connectivity index (χ0v) is 12.9. The van der Waals surface area contributed by atoms with Crippen LogP contribution >= 0.6 is 0 Å². The summed E-state index contributed by atoms with van der Waals surface area (Å²) in [4.78, 5) is 12.6. The minimum Gasteiger partial charge on any atom is -0.465 e. The summed E-state index contributed by atoms with van der Waals surface area (Å²) in [7, 11) is 0. The molecule has 0 heterocycles. The summed E-state index contributed by atoms with van der Waals surface area (Å²) in [5.41, 5.74) is 4.40. The van der Waals surface area contributed by atoms with E-state index in [0.29, 0.717) is 13.0 Å². The number of benzene rings is 1. The SMILES string of the molecule is CCOC(=O)C12CC=CC(CCC1)/C2=N\Nc1ccccc1. The minimum absolute atomic E-state index is 0.127. The van der Waals surface area contributed by atoms with Crippen molar-refractivity contribution in [2.45, 2.75) is 32.6 Å². The smallest absolute Gasteiger partial charge is 0.318 e. The molecule has 2 atom stereocenters. The Morgan fingerprint density at radius 2 is 2.23 bits per heavy atom. The van der Waals surface area contributed by atoms with Crippen LogP contribution in [-0.4, -0.2) is 18.3 Å². The molecule has 3 rings (SSSR count). The highest BCUT2D eigenvalue weighted by Gasteiger charge is 2.50. The molecule has 4 nitrogen and oxygen atoms in total. The van der Waals surface area contributed by atoms with Gasteiger partial charge in [-0.15, -0.1) is 0 Å². The van der Waals surface area contributed by atoms with Crippen LogP contribution in [0.25, 0.3) is 0 Å². The van der Waals surface area contributed by atoms with Gasteiger partial charge in [0.25, 0.3) is 0 Å². The number of nitrogens with one attached hydrogen (secondary N) is 1. The Balaban J connectivity index is 1.91. The molecule has 0 amide bonds. The zero-order chi connectivity index (χ0) is 15.4. The molecule has 1 fully saturated rings. The lowest BCUT2D eigenvalue weighted by atomic mass is 9.63. The van der Waals surface area contributed by atoms with Crippen LogP contribution in [-0.2, 0) is 9.53 Å². The summed E-state index contributed by atoms with van der Waals surface area (Å²) in [5.74, 6) is 0.112. The summed E-state index contributed by atoms with van der Waals surface area (Å²) >= 11 is 0. The first-order valence-corrected chi connectivity index (χ1v) is 7.99. The van der Waals surface area contributed by atoms with E-state index in [0.717, 1.165) is 30.7 Å². The van der Waals surface area contributed by atoms with E-state index in [1.807, 2.05) is 37.3 Å². The van der Waals surface area contributed by atoms with E-state index in [1.165, 1.54) is 0 Å². The number of para-hydroxylation sites is 1. The number of fused-ring (bicyclic) bond motifs is 2. The highest BCUT2D eigenvalue weighted by Crippen LogP contribution is 2.45. The Hall–Kier alpha value is -2.10. The van der Waals surface area contributed by atoms with Crippen LogP contribution in [0.2, 0.25) is 0 Å². The number of ether oxygens (including phenoxy) is 1. The van der Waals surface area contributed by atoms with Crippen molar-refractivity contribution < 1.29 is 9.53 Å². The molecule has 0 aliphatic heterocycles. The molecule has 0 aromatic heterocycles. The molecule has 2 aliphatic carbocycles. The Morgan fingerprint density at radius 3 is 3.00 bits per heavy atom. The van der Waals surface area contributed by atoms with Gasteiger partial charge in [-0.2, -0.15) is 5.10 Å². The summed E-state index contributed by atoms with van der Waals surface area (Å²) in [6.45, 7) is 2.26. The second-order valence-corrected chi connectivity index (χ2v) is 5.91. The standard InChI is InChI=1S/C18H22N2O2/c1-2-22-17(21)18-12-6-8-14(9-7-13-18)16(18)20-19-15-10-4-3-5-11-15/h3-6,8,10-11,14,19H,2,7,9,12-13H2,1H3/b20-16+. The average Bonchev–Trinajstić information content (AvgIpc) is 2.53. The molecule has 0 radical (unpaired) electrons. The Bertz CT molecular complexity index is 594. The van der Waals surface area contributed by atoms with Gasteiger partial charge < -0.3 is 4.74 Å². The number of carbonyl (C=O) groups is 1. The third-order valence-corrected chi connectivity index (χ3v) is 4.54. The van der Waals surface area contributed by atoms with Gasteiger partial charge in [0.15, 0.2) is 0 Å². The number of esters is 1. The maximum absolute atomic E-state index is 12.6. The lowest BCUT2D eigenvalue weighted by molar-refractivity contribution is -0.152. The van der Waals surface area contributed by atoms with Gasteiger partial charge in [0.1, 0.15) is 5.41 Å². The summed E-state index contributed by atoms with van der Waals surface area (Å²) in [6.07, 6.45) is 7.90. The van der Waals surface area contributed by atoms with E-state index in [-0.39, 0.29) is 11.9 Å².